The summed E-state index contributed by atoms with van der Waals surface area (Å²) in [5.74, 6) is 1.68. The van der Waals surface area contributed by atoms with Crippen LogP contribution in [0.5, 0.6) is 5.75 Å². The molecule has 0 saturated carbocycles. The topological polar surface area (TPSA) is 49.4 Å². The zero-order chi connectivity index (χ0) is 15.8. The van der Waals surface area contributed by atoms with E-state index in [1.54, 1.807) is 13.3 Å². The van der Waals surface area contributed by atoms with Crippen molar-refractivity contribution in [1.29, 1.82) is 0 Å². The van der Waals surface area contributed by atoms with Crippen LogP contribution in [0.3, 0.4) is 0 Å². The number of halogens is 2. The number of methoxy groups -OCH3 is 1. The molecule has 0 atom stereocenters. The van der Waals surface area contributed by atoms with Gasteiger partial charge in [-0.05, 0) is 57.5 Å². The molecule has 2 rings (SSSR count). The monoisotopic (exact) mass is 384 g/mol. The van der Waals surface area contributed by atoms with E-state index in [-0.39, 0.29) is 0 Å². The predicted molar refractivity (Wildman–Crippen MR) is 92.8 cm³/mol. The fourth-order valence-electron chi connectivity index (χ4n) is 1.90. The van der Waals surface area contributed by atoms with Crippen LogP contribution in [-0.4, -0.2) is 30.2 Å². The average Bonchev–Trinajstić information content (AvgIpc) is 2.56. The standard InChI is InChI=1S/C15H18BrClN4O/c1-22-14-5-2-12(3-6-14)11-21(20-17)9-8-18-15-7-4-13(16)10-19-15/h2-7,10,20H,8-9,11H2,1H3,(H,18,19). The van der Waals surface area contributed by atoms with Gasteiger partial charge in [0.15, 0.2) is 0 Å². The number of hydrogen-bond acceptors (Lipinski definition) is 5. The number of hydrazine groups is 1. The molecule has 0 radical (unpaired) electrons. The van der Waals surface area contributed by atoms with Gasteiger partial charge in [-0.1, -0.05) is 12.1 Å². The van der Waals surface area contributed by atoms with Crippen molar-refractivity contribution in [2.75, 3.05) is 25.5 Å². The van der Waals surface area contributed by atoms with Gasteiger partial charge in [0.05, 0.1) is 7.11 Å². The van der Waals surface area contributed by atoms with Gasteiger partial charge in [-0.2, -0.15) is 4.94 Å². The Morgan fingerprint density at radius 2 is 2.00 bits per heavy atom. The van der Waals surface area contributed by atoms with Gasteiger partial charge in [-0.15, -0.1) is 0 Å². The smallest absolute Gasteiger partial charge is 0.126 e. The number of rotatable bonds is 8. The Labute approximate surface area is 143 Å². The summed E-state index contributed by atoms with van der Waals surface area (Å²) in [7, 11) is 1.66. The summed E-state index contributed by atoms with van der Waals surface area (Å²) in [6.07, 6.45) is 1.76. The lowest BCUT2D eigenvalue weighted by molar-refractivity contribution is 0.246. The third kappa shape index (κ3) is 5.46. The minimum Gasteiger partial charge on any atom is -0.497 e. The first-order chi connectivity index (χ1) is 10.7. The molecule has 2 aromatic rings. The Morgan fingerprint density at radius 3 is 2.59 bits per heavy atom. The van der Waals surface area contributed by atoms with Crippen LogP contribution < -0.4 is 15.0 Å². The molecule has 0 aliphatic carbocycles. The SMILES string of the molecule is COc1ccc(CN(CCNc2ccc(Br)cn2)NCl)cc1. The Morgan fingerprint density at radius 1 is 1.23 bits per heavy atom. The van der Waals surface area contributed by atoms with E-state index in [1.807, 2.05) is 41.4 Å². The van der Waals surface area contributed by atoms with E-state index in [1.165, 1.54) is 0 Å². The Bertz CT molecular complexity index is 565. The van der Waals surface area contributed by atoms with E-state index < -0.39 is 0 Å². The maximum atomic E-state index is 5.78. The van der Waals surface area contributed by atoms with Crippen molar-refractivity contribution in [3.8, 4) is 5.75 Å². The molecule has 0 aliphatic heterocycles. The molecule has 0 amide bonds. The Kier molecular flexibility index (Phi) is 6.92. The summed E-state index contributed by atoms with van der Waals surface area (Å²) in [5, 5.41) is 5.16. The maximum Gasteiger partial charge on any atom is 0.126 e. The molecule has 0 fully saturated rings. The van der Waals surface area contributed by atoms with Crippen LogP contribution >= 0.6 is 27.7 Å². The summed E-state index contributed by atoms with van der Waals surface area (Å²) in [6.45, 7) is 2.15. The van der Waals surface area contributed by atoms with Crippen molar-refractivity contribution in [3.05, 3.63) is 52.6 Å². The fourth-order valence-corrected chi connectivity index (χ4v) is 2.28. The molecule has 1 aromatic carbocycles. The lowest BCUT2D eigenvalue weighted by atomic mass is 10.2. The molecule has 0 saturated heterocycles. The minimum atomic E-state index is 0.697. The normalized spacial score (nSPS) is 10.7. The summed E-state index contributed by atoms with van der Waals surface area (Å²) >= 11 is 9.14. The molecule has 7 heteroatoms. The molecule has 2 N–H and O–H groups in total. The number of nitrogens with zero attached hydrogens (tertiary/aromatic N) is 2. The molecule has 0 bridgehead atoms. The second-order valence-corrected chi connectivity index (χ2v) is 5.73. The first kappa shape index (κ1) is 17.0. The molecule has 0 aliphatic rings. The highest BCUT2D eigenvalue weighted by Crippen LogP contribution is 2.13. The number of anilines is 1. The van der Waals surface area contributed by atoms with Gasteiger partial charge in [-0.3, -0.25) is 0 Å². The number of ether oxygens (including phenoxy) is 1. The highest BCUT2D eigenvalue weighted by molar-refractivity contribution is 9.10. The van der Waals surface area contributed by atoms with E-state index in [0.717, 1.165) is 34.7 Å². The minimum absolute atomic E-state index is 0.697. The molecule has 0 spiro atoms. The van der Waals surface area contributed by atoms with E-state index >= 15 is 0 Å². The van der Waals surface area contributed by atoms with Gasteiger partial charge in [-0.25, -0.2) is 9.99 Å². The van der Waals surface area contributed by atoms with Crippen LogP contribution in [0.1, 0.15) is 5.56 Å². The summed E-state index contributed by atoms with van der Waals surface area (Å²) < 4.78 is 6.11. The summed E-state index contributed by atoms with van der Waals surface area (Å²) in [5.41, 5.74) is 1.15. The van der Waals surface area contributed by atoms with E-state index in [0.29, 0.717) is 6.54 Å². The molecule has 118 valence electrons. The quantitative estimate of drug-likeness (QED) is 0.538. The average molecular weight is 386 g/mol. The van der Waals surface area contributed by atoms with E-state index in [4.69, 9.17) is 16.5 Å². The molecular formula is C15H18BrClN4O. The van der Waals surface area contributed by atoms with Crippen LogP contribution in [-0.2, 0) is 6.54 Å². The molecule has 1 heterocycles. The van der Waals surface area contributed by atoms with Crippen molar-refractivity contribution in [2.45, 2.75) is 6.54 Å². The summed E-state index contributed by atoms with van der Waals surface area (Å²) in [4.78, 5) is 6.94. The third-order valence-corrected chi connectivity index (χ3v) is 3.78. The largest absolute Gasteiger partial charge is 0.497 e. The van der Waals surface area contributed by atoms with Gasteiger partial charge < -0.3 is 10.1 Å². The zero-order valence-electron chi connectivity index (χ0n) is 12.2. The van der Waals surface area contributed by atoms with Crippen LogP contribution in [0.4, 0.5) is 5.82 Å². The van der Waals surface area contributed by atoms with Crippen molar-refractivity contribution < 1.29 is 4.74 Å². The fraction of sp³-hybridized carbons (Fsp3) is 0.267. The molecular weight excluding hydrogens is 368 g/mol. The third-order valence-electron chi connectivity index (χ3n) is 3.07. The Balaban J connectivity index is 1.79. The highest BCUT2D eigenvalue weighted by atomic mass is 79.9. The van der Waals surface area contributed by atoms with Gasteiger partial charge in [0.2, 0.25) is 0 Å². The van der Waals surface area contributed by atoms with Gasteiger partial charge >= 0.3 is 0 Å². The lowest BCUT2D eigenvalue weighted by Crippen LogP contribution is -2.35. The van der Waals surface area contributed by atoms with Crippen LogP contribution in [0, 0.1) is 0 Å². The number of benzene rings is 1. The number of nitrogens with one attached hydrogen (secondary N) is 2. The molecule has 0 unspecified atom stereocenters. The van der Waals surface area contributed by atoms with Crippen LogP contribution in [0.2, 0.25) is 0 Å². The van der Waals surface area contributed by atoms with Crippen LogP contribution in [0.15, 0.2) is 47.1 Å². The van der Waals surface area contributed by atoms with Crippen molar-refractivity contribution in [1.82, 2.24) is 14.9 Å². The zero-order valence-corrected chi connectivity index (χ0v) is 14.6. The van der Waals surface area contributed by atoms with Crippen molar-refractivity contribution in [2.24, 2.45) is 0 Å². The second kappa shape index (κ2) is 8.95. The highest BCUT2D eigenvalue weighted by Gasteiger charge is 2.05. The number of pyridine rings is 1. The first-order valence-electron chi connectivity index (χ1n) is 6.81. The number of hydrogen-bond donors (Lipinski definition) is 2. The van der Waals surface area contributed by atoms with Gasteiger partial charge in [0.25, 0.3) is 0 Å². The first-order valence-corrected chi connectivity index (χ1v) is 7.98. The molecule has 5 nitrogen and oxygen atoms in total. The van der Waals surface area contributed by atoms with Crippen molar-refractivity contribution in [3.63, 3.8) is 0 Å². The predicted octanol–water partition coefficient (Wildman–Crippen LogP) is 3.43. The molecule has 22 heavy (non-hydrogen) atoms. The van der Waals surface area contributed by atoms with Gasteiger partial charge in [0.1, 0.15) is 11.6 Å². The van der Waals surface area contributed by atoms with E-state index in [2.05, 4.69) is 31.2 Å². The van der Waals surface area contributed by atoms with Crippen molar-refractivity contribution >= 4 is 33.5 Å². The van der Waals surface area contributed by atoms with E-state index in [9.17, 15) is 0 Å². The Hall–Kier alpha value is -1.34. The second-order valence-electron chi connectivity index (χ2n) is 4.64. The van der Waals surface area contributed by atoms with Crippen LogP contribution in [0.25, 0.3) is 0 Å². The maximum absolute atomic E-state index is 5.78. The summed E-state index contributed by atoms with van der Waals surface area (Å²) in [6, 6.07) is 11.8. The van der Waals surface area contributed by atoms with Gasteiger partial charge in [0, 0.05) is 30.3 Å². The number of aromatic nitrogens is 1. The lowest BCUT2D eigenvalue weighted by Gasteiger charge is -2.20. The molecule has 1 aromatic heterocycles.